The summed E-state index contributed by atoms with van der Waals surface area (Å²) >= 11 is 0. The second-order valence-electron chi connectivity index (χ2n) is 6.11. The minimum atomic E-state index is -0.281. The van der Waals surface area contributed by atoms with Crippen molar-refractivity contribution in [1.82, 2.24) is 9.55 Å². The molecule has 0 unspecified atom stereocenters. The molecule has 0 aliphatic rings. The minimum absolute atomic E-state index is 0.0562. The van der Waals surface area contributed by atoms with Crippen LogP contribution in [0.5, 0.6) is 0 Å². The summed E-state index contributed by atoms with van der Waals surface area (Å²) in [6, 6.07) is 12.0. The Kier molecular flexibility index (Phi) is 3.99. The summed E-state index contributed by atoms with van der Waals surface area (Å²) in [7, 11) is 0. The van der Waals surface area contributed by atoms with Crippen molar-refractivity contribution in [3.63, 3.8) is 0 Å². The first-order valence-electron chi connectivity index (χ1n) is 7.71. The van der Waals surface area contributed by atoms with E-state index in [2.05, 4.69) is 18.8 Å². The van der Waals surface area contributed by atoms with Gasteiger partial charge in [-0.2, -0.15) is 0 Å². The van der Waals surface area contributed by atoms with E-state index in [-0.39, 0.29) is 11.4 Å². The highest BCUT2D eigenvalue weighted by Gasteiger charge is 2.10. The lowest BCUT2D eigenvalue weighted by Crippen LogP contribution is -2.24. The van der Waals surface area contributed by atoms with Crippen molar-refractivity contribution in [2.24, 2.45) is 0 Å². The molecule has 23 heavy (non-hydrogen) atoms. The molecule has 4 heteroatoms. The van der Waals surface area contributed by atoms with Crippen molar-refractivity contribution in [3.05, 3.63) is 75.6 Å². The molecule has 3 nitrogen and oxygen atoms in total. The van der Waals surface area contributed by atoms with Gasteiger partial charge in [-0.15, -0.1) is 0 Å². The zero-order chi connectivity index (χ0) is 16.6. The maximum absolute atomic E-state index is 13.0. The van der Waals surface area contributed by atoms with Crippen LogP contribution in [0.2, 0.25) is 0 Å². The molecule has 1 heterocycles. The van der Waals surface area contributed by atoms with Gasteiger partial charge in [0.1, 0.15) is 11.6 Å². The number of hydrogen-bond acceptors (Lipinski definition) is 2. The van der Waals surface area contributed by atoms with E-state index >= 15 is 0 Å². The molecule has 0 atom stereocenters. The van der Waals surface area contributed by atoms with Crippen LogP contribution in [0.4, 0.5) is 4.39 Å². The molecule has 0 saturated heterocycles. The Labute approximate surface area is 134 Å². The fourth-order valence-corrected chi connectivity index (χ4v) is 2.67. The van der Waals surface area contributed by atoms with Crippen molar-refractivity contribution < 1.29 is 4.39 Å². The Morgan fingerprint density at radius 2 is 1.83 bits per heavy atom. The predicted octanol–water partition coefficient (Wildman–Crippen LogP) is 4.02. The topological polar surface area (TPSA) is 34.9 Å². The molecule has 118 valence electrons. The smallest absolute Gasteiger partial charge is 0.261 e. The van der Waals surface area contributed by atoms with Crippen LogP contribution in [0.15, 0.2) is 47.3 Å². The summed E-state index contributed by atoms with van der Waals surface area (Å²) in [6.45, 7) is 6.40. The summed E-state index contributed by atoms with van der Waals surface area (Å²) in [5.41, 5.74) is 2.65. The van der Waals surface area contributed by atoms with Crippen LogP contribution in [-0.4, -0.2) is 9.55 Å². The summed E-state index contributed by atoms with van der Waals surface area (Å²) in [6.07, 6.45) is 0. The van der Waals surface area contributed by atoms with Gasteiger partial charge < -0.3 is 0 Å². The highest BCUT2D eigenvalue weighted by Crippen LogP contribution is 2.18. The summed E-state index contributed by atoms with van der Waals surface area (Å²) < 4.78 is 14.7. The first-order valence-corrected chi connectivity index (χ1v) is 7.71. The van der Waals surface area contributed by atoms with Gasteiger partial charge in [-0.05, 0) is 48.2 Å². The molecule has 1 aromatic heterocycles. The van der Waals surface area contributed by atoms with Crippen molar-refractivity contribution in [2.75, 3.05) is 0 Å². The van der Waals surface area contributed by atoms with Crippen LogP contribution in [0.3, 0.4) is 0 Å². The predicted molar refractivity (Wildman–Crippen MR) is 90.3 cm³/mol. The van der Waals surface area contributed by atoms with Crippen LogP contribution in [0.1, 0.15) is 36.7 Å². The molecule has 0 N–H and O–H groups in total. The number of aryl methyl sites for hydroxylation is 1. The fraction of sp³-hybridized carbons (Fsp3) is 0.263. The Hall–Kier alpha value is -2.49. The minimum Gasteiger partial charge on any atom is -0.292 e. The van der Waals surface area contributed by atoms with E-state index in [1.165, 1.54) is 12.1 Å². The molecular formula is C19H19FN2O. The maximum atomic E-state index is 13.0. The molecule has 0 radical (unpaired) electrons. The lowest BCUT2D eigenvalue weighted by atomic mass is 10.0. The van der Waals surface area contributed by atoms with Crippen molar-refractivity contribution in [2.45, 2.75) is 33.2 Å². The van der Waals surface area contributed by atoms with Gasteiger partial charge in [-0.25, -0.2) is 9.37 Å². The SMILES string of the molecule is Cc1nc2ccc(C(C)C)cc2c(=O)n1Cc1ccc(F)cc1. The van der Waals surface area contributed by atoms with E-state index in [1.54, 1.807) is 16.7 Å². The van der Waals surface area contributed by atoms with Gasteiger partial charge in [0.05, 0.1) is 17.4 Å². The van der Waals surface area contributed by atoms with E-state index in [1.807, 2.05) is 25.1 Å². The van der Waals surface area contributed by atoms with Gasteiger partial charge in [0.2, 0.25) is 0 Å². The summed E-state index contributed by atoms with van der Waals surface area (Å²) in [4.78, 5) is 17.4. The third-order valence-corrected chi connectivity index (χ3v) is 4.09. The summed E-state index contributed by atoms with van der Waals surface area (Å²) in [5.74, 6) is 0.728. The lowest BCUT2D eigenvalue weighted by Gasteiger charge is -2.12. The number of halogens is 1. The molecule has 0 amide bonds. The standard InChI is InChI=1S/C19H19FN2O/c1-12(2)15-6-9-18-17(10-15)19(23)22(13(3)21-18)11-14-4-7-16(20)8-5-14/h4-10,12H,11H2,1-3H3. The third kappa shape index (κ3) is 3.02. The molecule has 0 spiro atoms. The second kappa shape index (κ2) is 5.95. The number of hydrogen-bond donors (Lipinski definition) is 0. The van der Waals surface area contributed by atoms with E-state index in [4.69, 9.17) is 0 Å². The van der Waals surface area contributed by atoms with Gasteiger partial charge >= 0.3 is 0 Å². The Bertz CT molecular complexity index is 911. The summed E-state index contributed by atoms with van der Waals surface area (Å²) in [5, 5.41) is 0.629. The highest BCUT2D eigenvalue weighted by atomic mass is 19.1. The number of nitrogens with zero attached hydrogens (tertiary/aromatic N) is 2. The largest absolute Gasteiger partial charge is 0.292 e. The zero-order valence-electron chi connectivity index (χ0n) is 13.5. The monoisotopic (exact) mass is 310 g/mol. The first-order chi connectivity index (χ1) is 11.0. The fourth-order valence-electron chi connectivity index (χ4n) is 2.67. The molecule has 3 aromatic rings. The molecule has 3 rings (SSSR count). The van der Waals surface area contributed by atoms with Crippen LogP contribution < -0.4 is 5.56 Å². The third-order valence-electron chi connectivity index (χ3n) is 4.09. The number of benzene rings is 2. The Morgan fingerprint density at radius 1 is 1.13 bits per heavy atom. The Balaban J connectivity index is 2.12. The molecule has 0 fully saturated rings. The van der Waals surface area contributed by atoms with Crippen molar-refractivity contribution in [3.8, 4) is 0 Å². The van der Waals surface area contributed by atoms with Crippen LogP contribution in [0, 0.1) is 12.7 Å². The molecule has 0 aliphatic heterocycles. The zero-order valence-corrected chi connectivity index (χ0v) is 13.5. The Morgan fingerprint density at radius 3 is 2.48 bits per heavy atom. The number of aromatic nitrogens is 2. The van der Waals surface area contributed by atoms with E-state index in [0.717, 1.165) is 11.1 Å². The number of rotatable bonds is 3. The van der Waals surface area contributed by atoms with Gasteiger partial charge in [-0.3, -0.25) is 9.36 Å². The molecule has 0 bridgehead atoms. The van der Waals surface area contributed by atoms with E-state index in [0.29, 0.717) is 29.2 Å². The van der Waals surface area contributed by atoms with Crippen molar-refractivity contribution in [1.29, 1.82) is 0 Å². The van der Waals surface area contributed by atoms with Crippen molar-refractivity contribution >= 4 is 10.9 Å². The van der Waals surface area contributed by atoms with E-state index < -0.39 is 0 Å². The van der Waals surface area contributed by atoms with Gasteiger partial charge in [0.25, 0.3) is 5.56 Å². The molecular weight excluding hydrogens is 291 g/mol. The average molecular weight is 310 g/mol. The van der Waals surface area contributed by atoms with Gasteiger partial charge in [0.15, 0.2) is 0 Å². The average Bonchev–Trinajstić information content (AvgIpc) is 2.53. The van der Waals surface area contributed by atoms with Gasteiger partial charge in [-0.1, -0.05) is 32.0 Å². The van der Waals surface area contributed by atoms with Gasteiger partial charge in [0, 0.05) is 0 Å². The van der Waals surface area contributed by atoms with Crippen LogP contribution >= 0.6 is 0 Å². The highest BCUT2D eigenvalue weighted by molar-refractivity contribution is 5.78. The number of fused-ring (bicyclic) bond motifs is 1. The van der Waals surface area contributed by atoms with Crippen LogP contribution in [0.25, 0.3) is 10.9 Å². The molecule has 0 aliphatic carbocycles. The molecule has 2 aromatic carbocycles. The van der Waals surface area contributed by atoms with Crippen LogP contribution in [-0.2, 0) is 6.54 Å². The van der Waals surface area contributed by atoms with E-state index in [9.17, 15) is 9.18 Å². The molecule has 0 saturated carbocycles. The second-order valence-corrected chi connectivity index (χ2v) is 6.11. The maximum Gasteiger partial charge on any atom is 0.261 e. The first kappa shape index (κ1) is 15.4. The quantitative estimate of drug-likeness (QED) is 0.732. The lowest BCUT2D eigenvalue weighted by molar-refractivity contribution is 0.625. The normalized spacial score (nSPS) is 11.3.